The van der Waals surface area contributed by atoms with Crippen molar-refractivity contribution in [1.29, 1.82) is 5.26 Å². The average molecular weight is 353 g/mol. The maximum atomic E-state index is 14.0. The number of hydrogen-bond acceptors (Lipinski definition) is 4. The third-order valence-electron chi connectivity index (χ3n) is 4.48. The van der Waals surface area contributed by atoms with Crippen LogP contribution in [0.4, 0.5) is 4.39 Å². The Hall–Kier alpha value is -2.91. The summed E-state index contributed by atoms with van der Waals surface area (Å²) in [6.45, 7) is 2.41. The molecule has 2 aromatic rings. The number of ether oxygens (including phenoxy) is 1. The molecule has 1 aliphatic heterocycles. The van der Waals surface area contributed by atoms with Crippen LogP contribution in [0.15, 0.2) is 42.5 Å². The highest BCUT2D eigenvalue weighted by Crippen LogP contribution is 2.18. The molecule has 2 aromatic carbocycles. The van der Waals surface area contributed by atoms with Crippen molar-refractivity contribution in [2.45, 2.75) is 13.1 Å². The summed E-state index contributed by atoms with van der Waals surface area (Å²) < 4.78 is 19.3. The molecule has 0 atom stereocenters. The number of amides is 1. The van der Waals surface area contributed by atoms with Crippen LogP contribution in [0.25, 0.3) is 0 Å². The molecular formula is C20H20FN3O2. The second-order valence-corrected chi connectivity index (χ2v) is 6.30. The molecule has 1 amide bonds. The molecule has 0 bridgehead atoms. The van der Waals surface area contributed by atoms with Crippen LogP contribution in [-0.2, 0) is 17.9 Å². The number of nitrogens with zero attached hydrogens (tertiary/aromatic N) is 3. The van der Waals surface area contributed by atoms with Gasteiger partial charge >= 0.3 is 0 Å². The normalized spacial score (nSPS) is 15.0. The van der Waals surface area contributed by atoms with Gasteiger partial charge in [0.2, 0.25) is 5.91 Å². The van der Waals surface area contributed by atoms with Crippen LogP contribution in [-0.4, -0.2) is 42.5 Å². The summed E-state index contributed by atoms with van der Waals surface area (Å²) >= 11 is 0. The van der Waals surface area contributed by atoms with Crippen molar-refractivity contribution in [3.05, 3.63) is 65.0 Å². The van der Waals surface area contributed by atoms with Crippen LogP contribution in [0.5, 0.6) is 5.75 Å². The van der Waals surface area contributed by atoms with E-state index in [2.05, 4.69) is 0 Å². The predicted octanol–water partition coefficient (Wildman–Crippen LogP) is 2.55. The molecule has 0 saturated carbocycles. The fraction of sp³-hybridized carbons (Fsp3) is 0.300. The third-order valence-corrected chi connectivity index (χ3v) is 4.48. The van der Waals surface area contributed by atoms with Crippen molar-refractivity contribution in [3.8, 4) is 11.8 Å². The molecule has 0 spiro atoms. The van der Waals surface area contributed by atoms with Gasteiger partial charge in [-0.3, -0.25) is 9.69 Å². The first-order chi connectivity index (χ1) is 12.6. The van der Waals surface area contributed by atoms with Gasteiger partial charge in [-0.25, -0.2) is 4.39 Å². The van der Waals surface area contributed by atoms with Crippen LogP contribution in [0.1, 0.15) is 16.7 Å². The Labute approximate surface area is 152 Å². The Morgan fingerprint density at radius 3 is 2.73 bits per heavy atom. The monoisotopic (exact) mass is 353 g/mol. The van der Waals surface area contributed by atoms with Crippen molar-refractivity contribution in [3.63, 3.8) is 0 Å². The van der Waals surface area contributed by atoms with Gasteiger partial charge in [0.15, 0.2) is 0 Å². The lowest BCUT2D eigenvalue weighted by atomic mass is 10.1. The summed E-state index contributed by atoms with van der Waals surface area (Å²) in [6.07, 6.45) is 0. The number of rotatable bonds is 5. The number of nitriles is 1. The van der Waals surface area contributed by atoms with E-state index in [1.54, 1.807) is 24.1 Å². The molecule has 5 nitrogen and oxygen atoms in total. The number of piperazine rings is 1. The molecule has 134 valence electrons. The Kier molecular flexibility index (Phi) is 5.49. The van der Waals surface area contributed by atoms with Gasteiger partial charge in [-0.05, 0) is 29.8 Å². The van der Waals surface area contributed by atoms with E-state index in [9.17, 15) is 9.18 Å². The van der Waals surface area contributed by atoms with Gasteiger partial charge in [0.1, 0.15) is 11.6 Å². The van der Waals surface area contributed by atoms with Crippen molar-refractivity contribution in [1.82, 2.24) is 9.80 Å². The Morgan fingerprint density at radius 2 is 2.04 bits per heavy atom. The fourth-order valence-electron chi connectivity index (χ4n) is 3.04. The minimum Gasteiger partial charge on any atom is -0.497 e. The maximum absolute atomic E-state index is 14.0. The second kappa shape index (κ2) is 7.98. The van der Waals surface area contributed by atoms with Crippen molar-refractivity contribution >= 4 is 5.91 Å². The highest BCUT2D eigenvalue weighted by molar-refractivity contribution is 5.79. The minimum absolute atomic E-state index is 0.0214. The van der Waals surface area contributed by atoms with E-state index >= 15 is 0 Å². The molecular weight excluding hydrogens is 333 g/mol. The molecule has 6 heteroatoms. The molecule has 26 heavy (non-hydrogen) atoms. The van der Waals surface area contributed by atoms with Gasteiger partial charge in [-0.2, -0.15) is 5.26 Å². The topological polar surface area (TPSA) is 56.6 Å². The largest absolute Gasteiger partial charge is 0.497 e. The lowest BCUT2D eigenvalue weighted by Crippen LogP contribution is -2.49. The van der Waals surface area contributed by atoms with Gasteiger partial charge in [0, 0.05) is 31.7 Å². The summed E-state index contributed by atoms with van der Waals surface area (Å²) in [6, 6.07) is 14.0. The first kappa shape index (κ1) is 17.9. The van der Waals surface area contributed by atoms with E-state index in [4.69, 9.17) is 10.00 Å². The molecule has 1 aliphatic rings. The highest BCUT2D eigenvalue weighted by Gasteiger charge is 2.24. The minimum atomic E-state index is -0.407. The van der Waals surface area contributed by atoms with Crippen LogP contribution in [0, 0.1) is 17.1 Å². The Balaban J connectivity index is 1.60. The molecule has 0 aliphatic carbocycles. The molecule has 3 rings (SSSR count). The van der Waals surface area contributed by atoms with Crippen molar-refractivity contribution in [2.75, 3.05) is 26.7 Å². The zero-order valence-corrected chi connectivity index (χ0v) is 14.6. The molecule has 1 fully saturated rings. The number of carbonyl (C=O) groups is 1. The van der Waals surface area contributed by atoms with E-state index in [0.717, 1.165) is 11.3 Å². The SMILES string of the molecule is COc1cccc(CN2CCN(Cc3ccc(C#N)cc3F)CC2=O)c1. The van der Waals surface area contributed by atoms with Crippen LogP contribution >= 0.6 is 0 Å². The van der Waals surface area contributed by atoms with E-state index in [1.807, 2.05) is 35.2 Å². The fourth-order valence-corrected chi connectivity index (χ4v) is 3.04. The van der Waals surface area contributed by atoms with E-state index < -0.39 is 5.82 Å². The number of benzene rings is 2. The summed E-state index contributed by atoms with van der Waals surface area (Å²) in [7, 11) is 1.62. The molecule has 0 radical (unpaired) electrons. The third kappa shape index (κ3) is 4.19. The summed E-state index contributed by atoms with van der Waals surface area (Å²) in [5, 5.41) is 8.81. The van der Waals surface area contributed by atoms with E-state index in [1.165, 1.54) is 6.07 Å². The smallest absolute Gasteiger partial charge is 0.237 e. The second-order valence-electron chi connectivity index (χ2n) is 6.30. The van der Waals surface area contributed by atoms with Gasteiger partial charge in [0.25, 0.3) is 0 Å². The van der Waals surface area contributed by atoms with Crippen molar-refractivity contribution < 1.29 is 13.9 Å². The standard InChI is InChI=1S/C20H20FN3O2/c1-26-18-4-2-3-16(9-18)12-24-8-7-23(14-20(24)25)13-17-6-5-15(11-22)10-19(17)21/h2-6,9-10H,7-8,12-14H2,1H3. The number of halogens is 1. The zero-order valence-electron chi connectivity index (χ0n) is 14.6. The van der Waals surface area contributed by atoms with Gasteiger partial charge in [-0.1, -0.05) is 18.2 Å². The summed E-state index contributed by atoms with van der Waals surface area (Å²) in [4.78, 5) is 16.2. The van der Waals surface area contributed by atoms with Crippen molar-refractivity contribution in [2.24, 2.45) is 0 Å². The molecule has 1 heterocycles. The summed E-state index contributed by atoms with van der Waals surface area (Å²) in [5.74, 6) is 0.383. The quantitative estimate of drug-likeness (QED) is 0.829. The van der Waals surface area contributed by atoms with Gasteiger partial charge in [-0.15, -0.1) is 0 Å². The maximum Gasteiger partial charge on any atom is 0.237 e. The number of hydrogen-bond donors (Lipinski definition) is 0. The predicted molar refractivity (Wildman–Crippen MR) is 94.8 cm³/mol. The number of methoxy groups -OCH3 is 1. The van der Waals surface area contributed by atoms with Gasteiger partial charge < -0.3 is 9.64 Å². The molecule has 1 saturated heterocycles. The lowest BCUT2D eigenvalue weighted by Gasteiger charge is -2.34. The van der Waals surface area contributed by atoms with Crippen LogP contribution in [0.2, 0.25) is 0 Å². The zero-order chi connectivity index (χ0) is 18.5. The summed E-state index contributed by atoms with van der Waals surface area (Å²) in [5.41, 5.74) is 1.81. The Bertz CT molecular complexity index is 847. The molecule has 0 unspecified atom stereocenters. The highest BCUT2D eigenvalue weighted by atomic mass is 19.1. The van der Waals surface area contributed by atoms with E-state index in [0.29, 0.717) is 37.3 Å². The lowest BCUT2D eigenvalue weighted by molar-refractivity contribution is -0.136. The average Bonchev–Trinajstić information content (AvgIpc) is 2.65. The molecule has 0 N–H and O–H groups in total. The van der Waals surface area contributed by atoms with Crippen LogP contribution in [0.3, 0.4) is 0 Å². The van der Waals surface area contributed by atoms with Gasteiger partial charge in [0.05, 0.1) is 25.3 Å². The first-order valence-electron chi connectivity index (χ1n) is 8.40. The van der Waals surface area contributed by atoms with E-state index in [-0.39, 0.29) is 12.5 Å². The Morgan fingerprint density at radius 1 is 1.19 bits per heavy atom. The molecule has 0 aromatic heterocycles. The first-order valence-corrected chi connectivity index (χ1v) is 8.40. The van der Waals surface area contributed by atoms with Crippen LogP contribution < -0.4 is 4.74 Å². The number of carbonyl (C=O) groups excluding carboxylic acids is 1.